The summed E-state index contributed by atoms with van der Waals surface area (Å²) in [6.07, 6.45) is 1.35. The number of hydrogen-bond acceptors (Lipinski definition) is 9. The van der Waals surface area contributed by atoms with Gasteiger partial charge < -0.3 is 19.3 Å². The number of carbonyl (C=O) groups excluding carboxylic acids is 1. The van der Waals surface area contributed by atoms with E-state index in [2.05, 4.69) is 9.97 Å². The Bertz CT molecular complexity index is 903. The molecule has 1 aliphatic heterocycles. The lowest BCUT2D eigenvalue weighted by Gasteiger charge is -2.32. The first-order valence-electron chi connectivity index (χ1n) is 9.47. The van der Waals surface area contributed by atoms with Crippen LogP contribution in [0.3, 0.4) is 0 Å². The second-order valence-corrected chi connectivity index (χ2v) is 7.09. The molecule has 0 atom stereocenters. The summed E-state index contributed by atoms with van der Waals surface area (Å²) in [6.45, 7) is 2.85. The minimum absolute atomic E-state index is 0.178. The molecule has 0 saturated carbocycles. The fraction of sp³-hybridized carbons (Fsp3) is 0.421. The van der Waals surface area contributed by atoms with Gasteiger partial charge in [0.15, 0.2) is 0 Å². The highest BCUT2D eigenvalue weighted by molar-refractivity contribution is 6.30. The number of benzene rings is 1. The summed E-state index contributed by atoms with van der Waals surface area (Å²) in [5.74, 6) is 0.414. The van der Waals surface area contributed by atoms with Gasteiger partial charge in [-0.15, -0.1) is 0 Å². The molecule has 0 radical (unpaired) electrons. The molecule has 0 unspecified atom stereocenters. The summed E-state index contributed by atoms with van der Waals surface area (Å²) in [4.78, 5) is 34.7. The van der Waals surface area contributed by atoms with Crippen LogP contribution in [-0.2, 0) is 9.47 Å². The first-order valence-corrected chi connectivity index (χ1v) is 9.85. The maximum Gasteiger partial charge on any atom is 0.508 e. The van der Waals surface area contributed by atoms with Gasteiger partial charge in [-0.2, -0.15) is 0 Å². The normalized spacial score (nSPS) is 14.3. The molecular formula is C19H22ClN5O5. The highest BCUT2D eigenvalue weighted by Crippen LogP contribution is 2.37. The number of nitrogens with zero attached hydrogens (tertiary/aromatic N) is 5. The van der Waals surface area contributed by atoms with Crippen LogP contribution in [0.1, 0.15) is 19.8 Å². The zero-order chi connectivity index (χ0) is 21.7. The van der Waals surface area contributed by atoms with Gasteiger partial charge in [0.2, 0.25) is 11.6 Å². The van der Waals surface area contributed by atoms with Crippen LogP contribution in [-0.4, -0.2) is 53.9 Å². The zero-order valence-electron chi connectivity index (χ0n) is 16.7. The molecule has 1 aromatic heterocycles. The van der Waals surface area contributed by atoms with Crippen molar-refractivity contribution in [1.82, 2.24) is 9.97 Å². The maximum atomic E-state index is 11.9. The average molecular weight is 436 g/mol. The summed E-state index contributed by atoms with van der Waals surface area (Å²) < 4.78 is 10.0. The van der Waals surface area contributed by atoms with Crippen LogP contribution < -0.4 is 9.80 Å². The molecule has 0 bridgehead atoms. The number of piperidine rings is 1. The largest absolute Gasteiger partial charge is 0.508 e. The topological polar surface area (TPSA) is 111 Å². The average Bonchev–Trinajstić information content (AvgIpc) is 2.74. The molecule has 2 aromatic rings. The Morgan fingerprint density at radius 2 is 1.97 bits per heavy atom. The van der Waals surface area contributed by atoms with E-state index in [1.165, 1.54) is 6.33 Å². The molecule has 1 saturated heterocycles. The fourth-order valence-corrected chi connectivity index (χ4v) is 3.39. The SMILES string of the molecule is CCOC(=O)OC1CCN(c2ncnc(N(C)c3ccc(Cl)cc3)c2[N+](=O)[O-])CC1. The minimum atomic E-state index is -0.698. The minimum Gasteiger partial charge on any atom is -0.435 e. The number of halogens is 1. The number of aromatic nitrogens is 2. The van der Waals surface area contributed by atoms with E-state index in [9.17, 15) is 14.9 Å². The number of hydrogen-bond donors (Lipinski definition) is 0. The standard InChI is InChI=1S/C19H22ClN5O5/c1-3-29-19(26)30-15-8-10-24(11-9-15)18-16(25(27)28)17(21-12-22-18)23(2)14-6-4-13(20)5-7-14/h4-7,12,15H,3,8-11H2,1-2H3. The van der Waals surface area contributed by atoms with Gasteiger partial charge in [0.05, 0.1) is 11.5 Å². The van der Waals surface area contributed by atoms with Gasteiger partial charge in [-0.25, -0.2) is 14.8 Å². The van der Waals surface area contributed by atoms with Crippen molar-refractivity contribution < 1.29 is 19.2 Å². The van der Waals surface area contributed by atoms with E-state index in [1.54, 1.807) is 43.1 Å². The Balaban J connectivity index is 1.81. The van der Waals surface area contributed by atoms with E-state index in [0.29, 0.717) is 36.6 Å². The third-order valence-corrected chi connectivity index (χ3v) is 5.02. The first kappa shape index (κ1) is 21.6. The fourth-order valence-electron chi connectivity index (χ4n) is 3.26. The van der Waals surface area contributed by atoms with Gasteiger partial charge in [-0.3, -0.25) is 10.1 Å². The molecule has 0 aliphatic carbocycles. The molecule has 0 amide bonds. The molecule has 30 heavy (non-hydrogen) atoms. The van der Waals surface area contributed by atoms with Crippen molar-refractivity contribution in [3.8, 4) is 0 Å². The van der Waals surface area contributed by atoms with Crippen LogP contribution >= 0.6 is 11.6 Å². The highest BCUT2D eigenvalue weighted by Gasteiger charge is 2.32. The number of rotatable bonds is 6. The molecule has 2 heterocycles. The molecule has 1 aliphatic rings. The lowest BCUT2D eigenvalue weighted by molar-refractivity contribution is -0.383. The Kier molecular flexibility index (Phi) is 6.88. The van der Waals surface area contributed by atoms with E-state index >= 15 is 0 Å². The second kappa shape index (κ2) is 9.57. The van der Waals surface area contributed by atoms with E-state index in [1.807, 2.05) is 4.90 Å². The van der Waals surface area contributed by atoms with Gasteiger partial charge in [0.1, 0.15) is 12.4 Å². The van der Waals surface area contributed by atoms with Gasteiger partial charge >= 0.3 is 11.8 Å². The van der Waals surface area contributed by atoms with Crippen molar-refractivity contribution >= 4 is 40.8 Å². The third kappa shape index (κ3) is 4.88. The van der Waals surface area contributed by atoms with Gasteiger partial charge in [0.25, 0.3) is 0 Å². The Morgan fingerprint density at radius 3 is 2.57 bits per heavy atom. The Morgan fingerprint density at radius 1 is 1.30 bits per heavy atom. The molecule has 3 rings (SSSR count). The van der Waals surface area contributed by atoms with Gasteiger partial charge in [-0.1, -0.05) is 11.6 Å². The van der Waals surface area contributed by atoms with E-state index in [0.717, 1.165) is 0 Å². The van der Waals surface area contributed by atoms with Crippen LogP contribution in [0.2, 0.25) is 5.02 Å². The van der Waals surface area contributed by atoms with Crippen LogP contribution in [0.25, 0.3) is 0 Å². The van der Waals surface area contributed by atoms with Crippen LogP contribution in [0, 0.1) is 10.1 Å². The van der Waals surface area contributed by atoms with Crippen molar-refractivity contribution in [2.45, 2.75) is 25.9 Å². The first-order chi connectivity index (χ1) is 14.4. The van der Waals surface area contributed by atoms with E-state index in [4.69, 9.17) is 21.1 Å². The molecule has 0 spiro atoms. The number of anilines is 3. The predicted molar refractivity (Wildman–Crippen MR) is 112 cm³/mol. The summed E-state index contributed by atoms with van der Waals surface area (Å²) >= 11 is 5.93. The van der Waals surface area contributed by atoms with Crippen molar-refractivity contribution in [2.75, 3.05) is 36.5 Å². The lowest BCUT2D eigenvalue weighted by atomic mass is 10.1. The molecule has 11 heteroatoms. The van der Waals surface area contributed by atoms with Crippen molar-refractivity contribution in [3.05, 3.63) is 45.7 Å². The highest BCUT2D eigenvalue weighted by atomic mass is 35.5. The van der Waals surface area contributed by atoms with Crippen LogP contribution in [0.5, 0.6) is 0 Å². The lowest BCUT2D eigenvalue weighted by Crippen LogP contribution is -2.39. The smallest absolute Gasteiger partial charge is 0.435 e. The summed E-state index contributed by atoms with van der Waals surface area (Å²) in [6, 6.07) is 6.92. The Hall–Kier alpha value is -3.14. The van der Waals surface area contributed by atoms with Crippen LogP contribution in [0.4, 0.5) is 27.8 Å². The van der Waals surface area contributed by atoms with E-state index in [-0.39, 0.29) is 30.0 Å². The summed E-state index contributed by atoms with van der Waals surface area (Å²) in [5, 5.41) is 12.5. The molecular weight excluding hydrogens is 414 g/mol. The van der Waals surface area contributed by atoms with Gasteiger partial charge in [0, 0.05) is 43.7 Å². The van der Waals surface area contributed by atoms with Crippen molar-refractivity contribution in [1.29, 1.82) is 0 Å². The van der Waals surface area contributed by atoms with Crippen LogP contribution in [0.15, 0.2) is 30.6 Å². The molecule has 0 N–H and O–H groups in total. The Labute approximate surface area is 178 Å². The number of nitro groups is 1. The summed E-state index contributed by atoms with van der Waals surface area (Å²) in [7, 11) is 1.70. The molecule has 160 valence electrons. The molecule has 10 nitrogen and oxygen atoms in total. The predicted octanol–water partition coefficient (Wildman–Crippen LogP) is 3.95. The quantitative estimate of drug-likeness (QED) is 0.378. The number of ether oxygens (including phenoxy) is 2. The monoisotopic (exact) mass is 435 g/mol. The summed E-state index contributed by atoms with van der Waals surface area (Å²) in [5.41, 5.74) is 0.522. The maximum absolute atomic E-state index is 11.9. The van der Waals surface area contributed by atoms with Crippen molar-refractivity contribution in [3.63, 3.8) is 0 Å². The molecule has 1 fully saturated rings. The molecule has 1 aromatic carbocycles. The zero-order valence-corrected chi connectivity index (χ0v) is 17.4. The van der Waals surface area contributed by atoms with Gasteiger partial charge in [-0.05, 0) is 31.2 Å². The number of carbonyl (C=O) groups is 1. The second-order valence-electron chi connectivity index (χ2n) is 6.65. The van der Waals surface area contributed by atoms with E-state index < -0.39 is 11.1 Å². The van der Waals surface area contributed by atoms with Crippen molar-refractivity contribution in [2.24, 2.45) is 0 Å². The third-order valence-electron chi connectivity index (χ3n) is 4.76.